The van der Waals surface area contributed by atoms with Crippen molar-refractivity contribution in [3.05, 3.63) is 29.6 Å². The molecule has 1 aromatic heterocycles. The van der Waals surface area contributed by atoms with E-state index in [1.165, 1.54) is 0 Å². The molecule has 0 saturated heterocycles. The van der Waals surface area contributed by atoms with E-state index >= 15 is 0 Å². The van der Waals surface area contributed by atoms with Crippen LogP contribution in [0.2, 0.25) is 0 Å². The lowest BCUT2D eigenvalue weighted by molar-refractivity contribution is 0.267. The lowest BCUT2D eigenvalue weighted by atomic mass is 10.1. The summed E-state index contributed by atoms with van der Waals surface area (Å²) in [5.74, 6) is 0. The maximum atomic E-state index is 8.71. The number of hydrogen-bond donors (Lipinski definition) is 3. The van der Waals surface area contributed by atoms with Gasteiger partial charge < -0.3 is 15.9 Å². The van der Waals surface area contributed by atoms with Crippen molar-refractivity contribution in [1.82, 2.24) is 4.98 Å². The number of nitrogens with two attached hydrogens (primary N) is 1. The SMILES string of the molecule is N[C@@H](CO)c1ccc(CO)nc1. The van der Waals surface area contributed by atoms with Crippen LogP contribution < -0.4 is 5.73 Å². The number of aliphatic hydroxyl groups excluding tert-OH is 2. The van der Waals surface area contributed by atoms with Gasteiger partial charge in [-0.2, -0.15) is 0 Å². The van der Waals surface area contributed by atoms with E-state index in [1.807, 2.05) is 0 Å². The standard InChI is InChI=1S/C8H12N2O2/c9-8(5-12)6-1-2-7(4-11)10-3-6/h1-3,8,11-12H,4-5,9H2/t8-/m0/s1. The highest BCUT2D eigenvalue weighted by atomic mass is 16.3. The van der Waals surface area contributed by atoms with Crippen molar-refractivity contribution in [3.63, 3.8) is 0 Å². The van der Waals surface area contributed by atoms with Gasteiger partial charge in [-0.15, -0.1) is 0 Å². The van der Waals surface area contributed by atoms with Crippen molar-refractivity contribution in [2.75, 3.05) is 6.61 Å². The topological polar surface area (TPSA) is 79.4 Å². The van der Waals surface area contributed by atoms with E-state index in [2.05, 4.69) is 4.98 Å². The highest BCUT2D eigenvalue weighted by molar-refractivity contribution is 5.16. The highest BCUT2D eigenvalue weighted by Gasteiger charge is 2.03. The normalized spacial score (nSPS) is 12.9. The molecule has 0 saturated carbocycles. The van der Waals surface area contributed by atoms with Crippen LogP contribution in [0.15, 0.2) is 18.3 Å². The van der Waals surface area contributed by atoms with Crippen molar-refractivity contribution >= 4 is 0 Å². The monoisotopic (exact) mass is 168 g/mol. The summed E-state index contributed by atoms with van der Waals surface area (Å²) in [6, 6.07) is 3.05. The predicted molar refractivity (Wildman–Crippen MR) is 44.2 cm³/mol. The van der Waals surface area contributed by atoms with Gasteiger partial charge in [0.05, 0.1) is 24.9 Å². The third-order valence-corrected chi connectivity index (χ3v) is 1.63. The largest absolute Gasteiger partial charge is 0.394 e. The van der Waals surface area contributed by atoms with Gasteiger partial charge in [-0.3, -0.25) is 4.98 Å². The second-order valence-corrected chi connectivity index (χ2v) is 2.53. The van der Waals surface area contributed by atoms with E-state index in [9.17, 15) is 0 Å². The van der Waals surface area contributed by atoms with Gasteiger partial charge in [0.15, 0.2) is 0 Å². The summed E-state index contributed by atoms with van der Waals surface area (Å²) in [5.41, 5.74) is 6.91. The zero-order valence-electron chi connectivity index (χ0n) is 6.64. The summed E-state index contributed by atoms with van der Waals surface area (Å²) in [7, 11) is 0. The van der Waals surface area contributed by atoms with Crippen molar-refractivity contribution in [2.45, 2.75) is 12.6 Å². The second kappa shape index (κ2) is 4.15. The average molecular weight is 168 g/mol. The third kappa shape index (κ3) is 2.01. The molecule has 0 unspecified atom stereocenters. The summed E-state index contributed by atoms with van der Waals surface area (Å²) in [5, 5.41) is 17.4. The smallest absolute Gasteiger partial charge is 0.0852 e. The van der Waals surface area contributed by atoms with Crippen LogP contribution in [-0.2, 0) is 6.61 Å². The van der Waals surface area contributed by atoms with Crippen molar-refractivity contribution in [1.29, 1.82) is 0 Å². The van der Waals surface area contributed by atoms with Crippen molar-refractivity contribution < 1.29 is 10.2 Å². The zero-order valence-corrected chi connectivity index (χ0v) is 6.64. The first-order valence-electron chi connectivity index (χ1n) is 3.70. The van der Waals surface area contributed by atoms with E-state index in [0.717, 1.165) is 5.56 Å². The fraction of sp³-hybridized carbons (Fsp3) is 0.375. The molecule has 0 bridgehead atoms. The maximum Gasteiger partial charge on any atom is 0.0852 e. The van der Waals surface area contributed by atoms with Gasteiger partial charge in [0, 0.05) is 6.20 Å². The molecule has 0 spiro atoms. The van der Waals surface area contributed by atoms with Gasteiger partial charge in [0.2, 0.25) is 0 Å². The van der Waals surface area contributed by atoms with Crippen LogP contribution in [0.25, 0.3) is 0 Å². The quantitative estimate of drug-likeness (QED) is 0.572. The Labute approximate surface area is 70.7 Å². The van der Waals surface area contributed by atoms with Crippen LogP contribution in [0.3, 0.4) is 0 Å². The van der Waals surface area contributed by atoms with E-state index in [-0.39, 0.29) is 19.3 Å². The Hall–Kier alpha value is -0.970. The number of rotatable bonds is 3. The molecule has 1 atom stereocenters. The molecule has 4 N–H and O–H groups in total. The van der Waals surface area contributed by atoms with Crippen molar-refractivity contribution in [3.8, 4) is 0 Å². The molecule has 12 heavy (non-hydrogen) atoms. The van der Waals surface area contributed by atoms with Gasteiger partial charge in [-0.1, -0.05) is 6.07 Å². The Bertz CT molecular complexity index is 235. The Morgan fingerprint density at radius 3 is 2.58 bits per heavy atom. The second-order valence-electron chi connectivity index (χ2n) is 2.53. The molecule has 0 amide bonds. The van der Waals surface area contributed by atoms with Gasteiger partial charge in [0.1, 0.15) is 0 Å². The van der Waals surface area contributed by atoms with Crippen LogP contribution >= 0.6 is 0 Å². The molecule has 0 aliphatic carbocycles. The number of nitrogens with zero attached hydrogens (tertiary/aromatic N) is 1. The fourth-order valence-electron chi connectivity index (χ4n) is 0.854. The molecule has 1 aromatic rings. The molecule has 66 valence electrons. The van der Waals surface area contributed by atoms with Crippen molar-refractivity contribution in [2.24, 2.45) is 5.73 Å². The van der Waals surface area contributed by atoms with Gasteiger partial charge in [-0.05, 0) is 11.6 Å². The Balaban J connectivity index is 2.77. The number of aromatic nitrogens is 1. The van der Waals surface area contributed by atoms with E-state index < -0.39 is 0 Å². The maximum absolute atomic E-state index is 8.71. The Kier molecular flexibility index (Phi) is 3.16. The first kappa shape index (κ1) is 9.12. The first-order chi connectivity index (χ1) is 5.77. The van der Waals surface area contributed by atoms with Gasteiger partial charge in [-0.25, -0.2) is 0 Å². The molecule has 0 aliphatic heterocycles. The molecule has 0 fully saturated rings. The van der Waals surface area contributed by atoms with Crippen LogP contribution in [0, 0.1) is 0 Å². The molecule has 0 aliphatic rings. The predicted octanol–water partition coefficient (Wildman–Crippen LogP) is -0.434. The van der Waals surface area contributed by atoms with Crippen LogP contribution in [-0.4, -0.2) is 21.8 Å². The zero-order chi connectivity index (χ0) is 8.97. The van der Waals surface area contributed by atoms with E-state index in [0.29, 0.717) is 5.69 Å². The Morgan fingerprint density at radius 2 is 2.17 bits per heavy atom. The lowest BCUT2D eigenvalue weighted by Crippen LogP contribution is -2.14. The number of hydrogen-bond acceptors (Lipinski definition) is 4. The lowest BCUT2D eigenvalue weighted by Gasteiger charge is -2.07. The molecule has 0 aromatic carbocycles. The minimum absolute atomic E-state index is 0.0748. The van der Waals surface area contributed by atoms with Gasteiger partial charge >= 0.3 is 0 Å². The first-order valence-corrected chi connectivity index (χ1v) is 3.70. The van der Waals surface area contributed by atoms with E-state index in [4.69, 9.17) is 15.9 Å². The van der Waals surface area contributed by atoms with Crippen LogP contribution in [0.5, 0.6) is 0 Å². The molecule has 0 radical (unpaired) electrons. The Morgan fingerprint density at radius 1 is 1.42 bits per heavy atom. The molecule has 1 heterocycles. The number of pyridine rings is 1. The molecular formula is C8H12N2O2. The summed E-state index contributed by atoms with van der Waals surface area (Å²) in [6.45, 7) is -0.172. The van der Waals surface area contributed by atoms with Crippen LogP contribution in [0.1, 0.15) is 17.3 Å². The molecule has 1 rings (SSSR count). The molecule has 4 nitrogen and oxygen atoms in total. The minimum atomic E-state index is -0.384. The average Bonchev–Trinajstić information content (AvgIpc) is 2.17. The number of aliphatic hydroxyl groups is 2. The summed E-state index contributed by atoms with van der Waals surface area (Å²) in [6.07, 6.45) is 1.56. The third-order valence-electron chi connectivity index (χ3n) is 1.63. The fourth-order valence-corrected chi connectivity index (χ4v) is 0.854. The summed E-state index contributed by atoms with van der Waals surface area (Å²) >= 11 is 0. The highest BCUT2D eigenvalue weighted by Crippen LogP contribution is 2.08. The molecular weight excluding hydrogens is 156 g/mol. The van der Waals surface area contributed by atoms with Crippen LogP contribution in [0.4, 0.5) is 0 Å². The summed E-state index contributed by atoms with van der Waals surface area (Å²) in [4.78, 5) is 3.93. The summed E-state index contributed by atoms with van der Waals surface area (Å²) < 4.78 is 0. The minimum Gasteiger partial charge on any atom is -0.394 e. The van der Waals surface area contributed by atoms with E-state index in [1.54, 1.807) is 18.3 Å². The molecule has 4 heteroatoms. The van der Waals surface area contributed by atoms with Gasteiger partial charge in [0.25, 0.3) is 0 Å².